The molecule has 20 heavy (non-hydrogen) atoms. The summed E-state index contributed by atoms with van der Waals surface area (Å²) in [5.41, 5.74) is 3.31. The predicted octanol–water partition coefficient (Wildman–Crippen LogP) is 3.20. The molecule has 0 saturated carbocycles. The maximum Gasteiger partial charge on any atom is 0.121 e. The van der Waals surface area contributed by atoms with Crippen LogP contribution in [0.5, 0.6) is 5.75 Å². The fourth-order valence-corrected chi connectivity index (χ4v) is 2.20. The lowest BCUT2D eigenvalue weighted by atomic mass is 10.1. The van der Waals surface area contributed by atoms with Crippen LogP contribution in [-0.2, 0) is 0 Å². The molecule has 0 saturated heterocycles. The highest BCUT2D eigenvalue weighted by molar-refractivity contribution is 6.31. The topological polar surface area (TPSA) is 63.7 Å². The second kappa shape index (κ2) is 5.30. The number of ether oxygens (including phenoxy) is 1. The minimum Gasteiger partial charge on any atom is -0.497 e. The number of nitrogens with zero attached hydrogens (tertiary/aromatic N) is 3. The van der Waals surface area contributed by atoms with Crippen LogP contribution < -0.4 is 4.74 Å². The lowest BCUT2D eigenvalue weighted by Gasteiger charge is -2.06. The Labute approximate surface area is 120 Å². The summed E-state index contributed by atoms with van der Waals surface area (Å²) in [5, 5.41) is 7.73. The van der Waals surface area contributed by atoms with Crippen LogP contribution in [0.15, 0.2) is 43.0 Å². The Hall–Kier alpha value is -2.40. The molecule has 0 aliphatic carbocycles. The lowest BCUT2D eigenvalue weighted by Crippen LogP contribution is -1.88. The molecule has 0 aliphatic heterocycles. The van der Waals surface area contributed by atoms with Crippen molar-refractivity contribution in [1.82, 2.24) is 20.2 Å². The van der Waals surface area contributed by atoms with E-state index in [4.69, 9.17) is 16.3 Å². The smallest absolute Gasteiger partial charge is 0.121 e. The van der Waals surface area contributed by atoms with E-state index in [9.17, 15) is 0 Å². The van der Waals surface area contributed by atoms with Gasteiger partial charge in [0.2, 0.25) is 0 Å². The van der Waals surface area contributed by atoms with Gasteiger partial charge in [0.1, 0.15) is 17.8 Å². The van der Waals surface area contributed by atoms with Gasteiger partial charge in [0.05, 0.1) is 12.8 Å². The molecule has 2 aromatic heterocycles. The molecule has 0 unspecified atom stereocenters. The van der Waals surface area contributed by atoms with Gasteiger partial charge in [-0.15, -0.1) is 0 Å². The summed E-state index contributed by atoms with van der Waals surface area (Å²) in [6, 6.07) is 7.30. The zero-order valence-corrected chi connectivity index (χ0v) is 11.4. The zero-order chi connectivity index (χ0) is 13.9. The summed E-state index contributed by atoms with van der Waals surface area (Å²) in [6.45, 7) is 0. The van der Waals surface area contributed by atoms with Gasteiger partial charge < -0.3 is 4.74 Å². The summed E-state index contributed by atoms with van der Waals surface area (Å²) in [6.07, 6.45) is 4.99. The van der Waals surface area contributed by atoms with Gasteiger partial charge in [0.15, 0.2) is 0 Å². The lowest BCUT2D eigenvalue weighted by molar-refractivity contribution is 0.415. The third-order valence-corrected chi connectivity index (χ3v) is 3.10. The number of nitrogens with one attached hydrogen (secondary N) is 1. The Morgan fingerprint density at radius 1 is 1.25 bits per heavy atom. The van der Waals surface area contributed by atoms with E-state index in [1.165, 1.54) is 6.33 Å². The SMILES string of the molecule is COc1cc(Cl)cc(-c2n[nH]cc2-c2ccncn2)c1. The first-order valence-corrected chi connectivity index (χ1v) is 6.31. The van der Waals surface area contributed by atoms with E-state index in [1.54, 1.807) is 25.6 Å². The highest BCUT2D eigenvalue weighted by Gasteiger charge is 2.13. The summed E-state index contributed by atoms with van der Waals surface area (Å²) in [7, 11) is 1.60. The maximum atomic E-state index is 6.10. The number of hydrogen-bond donors (Lipinski definition) is 1. The highest BCUT2D eigenvalue weighted by Crippen LogP contribution is 2.32. The standard InChI is InChI=1S/C14H11ClN4O/c1-20-11-5-9(4-10(15)6-11)14-12(7-18-19-14)13-2-3-16-8-17-13/h2-8H,1H3,(H,18,19). The van der Waals surface area contributed by atoms with Crippen molar-refractivity contribution >= 4 is 11.6 Å². The van der Waals surface area contributed by atoms with Gasteiger partial charge in [-0.1, -0.05) is 11.6 Å². The van der Waals surface area contributed by atoms with Crippen LogP contribution in [0.1, 0.15) is 0 Å². The number of hydrogen-bond acceptors (Lipinski definition) is 4. The molecule has 0 spiro atoms. The highest BCUT2D eigenvalue weighted by atomic mass is 35.5. The number of methoxy groups -OCH3 is 1. The van der Waals surface area contributed by atoms with E-state index in [2.05, 4.69) is 20.2 Å². The Balaban J connectivity index is 2.13. The van der Waals surface area contributed by atoms with Crippen LogP contribution in [0.2, 0.25) is 5.02 Å². The Morgan fingerprint density at radius 2 is 2.15 bits per heavy atom. The molecule has 0 aliphatic rings. The van der Waals surface area contributed by atoms with Crippen LogP contribution in [-0.4, -0.2) is 27.3 Å². The Kier molecular flexibility index (Phi) is 3.35. The molecule has 1 N–H and O–H groups in total. The van der Waals surface area contributed by atoms with E-state index in [1.807, 2.05) is 18.2 Å². The van der Waals surface area contributed by atoms with Gasteiger partial charge in [-0.2, -0.15) is 5.10 Å². The number of halogens is 1. The molecular weight excluding hydrogens is 276 g/mol. The van der Waals surface area contributed by atoms with Gasteiger partial charge in [-0.05, 0) is 24.3 Å². The van der Waals surface area contributed by atoms with Crippen LogP contribution in [0.4, 0.5) is 0 Å². The van der Waals surface area contributed by atoms with Gasteiger partial charge >= 0.3 is 0 Å². The van der Waals surface area contributed by atoms with E-state index < -0.39 is 0 Å². The van der Waals surface area contributed by atoms with E-state index in [0.29, 0.717) is 10.8 Å². The van der Waals surface area contributed by atoms with Gasteiger partial charge in [-0.25, -0.2) is 9.97 Å². The molecule has 0 atom stereocenters. The van der Waals surface area contributed by atoms with Crippen molar-refractivity contribution in [3.8, 4) is 28.3 Å². The third kappa shape index (κ3) is 2.35. The molecule has 1 aromatic carbocycles. The van der Waals surface area contributed by atoms with E-state index >= 15 is 0 Å². The zero-order valence-electron chi connectivity index (χ0n) is 10.7. The largest absolute Gasteiger partial charge is 0.497 e. The summed E-state index contributed by atoms with van der Waals surface area (Å²) in [5.74, 6) is 0.684. The van der Waals surface area contributed by atoms with Gasteiger partial charge in [0.25, 0.3) is 0 Å². The van der Waals surface area contributed by atoms with Crippen LogP contribution in [0.25, 0.3) is 22.5 Å². The van der Waals surface area contributed by atoms with Crippen molar-refractivity contribution in [2.45, 2.75) is 0 Å². The summed E-state index contributed by atoms with van der Waals surface area (Å²) in [4.78, 5) is 8.15. The van der Waals surface area contributed by atoms with E-state index in [0.717, 1.165) is 22.5 Å². The van der Waals surface area contributed by atoms with Crippen molar-refractivity contribution in [3.05, 3.63) is 48.0 Å². The summed E-state index contributed by atoms with van der Waals surface area (Å²) < 4.78 is 5.23. The molecule has 5 nitrogen and oxygen atoms in total. The van der Waals surface area contributed by atoms with E-state index in [-0.39, 0.29) is 0 Å². The van der Waals surface area contributed by atoms with Crippen molar-refractivity contribution in [3.63, 3.8) is 0 Å². The minimum atomic E-state index is 0.594. The van der Waals surface area contributed by atoms with Crippen LogP contribution >= 0.6 is 11.6 Å². The molecule has 0 fully saturated rings. The Morgan fingerprint density at radius 3 is 2.90 bits per heavy atom. The second-order valence-electron chi connectivity index (χ2n) is 4.12. The first kappa shape index (κ1) is 12.6. The molecule has 3 aromatic rings. The number of benzene rings is 1. The molecule has 100 valence electrons. The molecule has 0 radical (unpaired) electrons. The fourth-order valence-electron chi connectivity index (χ4n) is 1.97. The Bertz CT molecular complexity index is 727. The molecule has 0 amide bonds. The first-order valence-electron chi connectivity index (χ1n) is 5.93. The van der Waals surface area contributed by atoms with Gasteiger partial charge in [0, 0.05) is 28.5 Å². The predicted molar refractivity (Wildman–Crippen MR) is 76.6 cm³/mol. The fraction of sp³-hybridized carbons (Fsp3) is 0.0714. The van der Waals surface area contributed by atoms with Gasteiger partial charge in [-0.3, -0.25) is 5.10 Å². The molecule has 0 bridgehead atoms. The van der Waals surface area contributed by atoms with Crippen molar-refractivity contribution in [2.75, 3.05) is 7.11 Å². The first-order chi connectivity index (χ1) is 9.78. The number of H-pyrrole nitrogens is 1. The van der Waals surface area contributed by atoms with Crippen LogP contribution in [0.3, 0.4) is 0 Å². The molecular formula is C14H11ClN4O. The quantitative estimate of drug-likeness (QED) is 0.803. The third-order valence-electron chi connectivity index (χ3n) is 2.88. The van der Waals surface area contributed by atoms with Crippen LogP contribution in [0, 0.1) is 0 Å². The summed E-state index contributed by atoms with van der Waals surface area (Å²) >= 11 is 6.10. The second-order valence-corrected chi connectivity index (χ2v) is 4.56. The average Bonchev–Trinajstić information content (AvgIpc) is 2.97. The minimum absolute atomic E-state index is 0.594. The molecule has 3 rings (SSSR count). The normalized spacial score (nSPS) is 10.5. The van der Waals surface area contributed by atoms with Crippen molar-refractivity contribution in [2.24, 2.45) is 0 Å². The number of aromatic amines is 1. The average molecular weight is 287 g/mol. The monoisotopic (exact) mass is 286 g/mol. The number of aromatic nitrogens is 4. The number of rotatable bonds is 3. The molecule has 6 heteroatoms. The maximum absolute atomic E-state index is 6.10. The molecule has 2 heterocycles. The van der Waals surface area contributed by atoms with Crippen molar-refractivity contribution < 1.29 is 4.74 Å². The van der Waals surface area contributed by atoms with Crippen molar-refractivity contribution in [1.29, 1.82) is 0 Å².